The standard InChI is InChI=1S/C16H31NO2/c1-12(2)13-4-5-16(18)14(10-13)11-17(3)15-6-8-19-9-7-15/h12-16,18H,4-11H2,1-3H3. The molecule has 19 heavy (non-hydrogen) atoms. The Morgan fingerprint density at radius 2 is 1.84 bits per heavy atom. The zero-order valence-electron chi connectivity index (χ0n) is 12.8. The molecular weight excluding hydrogens is 238 g/mol. The van der Waals surface area contributed by atoms with E-state index in [1.807, 2.05) is 0 Å². The molecule has 2 aliphatic rings. The highest BCUT2D eigenvalue weighted by molar-refractivity contribution is 4.84. The summed E-state index contributed by atoms with van der Waals surface area (Å²) in [5.74, 6) is 2.02. The average molecular weight is 269 g/mol. The van der Waals surface area contributed by atoms with E-state index >= 15 is 0 Å². The van der Waals surface area contributed by atoms with E-state index < -0.39 is 0 Å². The number of rotatable bonds is 4. The summed E-state index contributed by atoms with van der Waals surface area (Å²) in [4.78, 5) is 2.47. The lowest BCUT2D eigenvalue weighted by atomic mass is 9.74. The van der Waals surface area contributed by atoms with Crippen LogP contribution in [0.15, 0.2) is 0 Å². The van der Waals surface area contributed by atoms with Gasteiger partial charge in [0.25, 0.3) is 0 Å². The average Bonchev–Trinajstić information content (AvgIpc) is 2.42. The first-order valence-corrected chi connectivity index (χ1v) is 8.04. The minimum Gasteiger partial charge on any atom is -0.393 e. The third kappa shape index (κ3) is 4.17. The number of hydrogen-bond donors (Lipinski definition) is 1. The molecule has 0 bridgehead atoms. The summed E-state index contributed by atoms with van der Waals surface area (Å²) in [6.07, 6.45) is 5.61. The van der Waals surface area contributed by atoms with E-state index in [0.29, 0.717) is 12.0 Å². The van der Waals surface area contributed by atoms with Gasteiger partial charge in [0.2, 0.25) is 0 Å². The SMILES string of the molecule is CC(C)C1CCC(O)C(CN(C)C2CCOCC2)C1. The second-order valence-electron chi connectivity index (χ2n) is 6.93. The maximum Gasteiger partial charge on any atom is 0.0580 e. The van der Waals surface area contributed by atoms with Gasteiger partial charge in [0.15, 0.2) is 0 Å². The summed E-state index contributed by atoms with van der Waals surface area (Å²) >= 11 is 0. The lowest BCUT2D eigenvalue weighted by Gasteiger charge is -2.40. The van der Waals surface area contributed by atoms with E-state index in [9.17, 15) is 5.11 Å². The van der Waals surface area contributed by atoms with E-state index in [1.165, 1.54) is 12.8 Å². The Labute approximate surface area is 118 Å². The number of aliphatic hydroxyl groups is 1. The maximum atomic E-state index is 10.3. The Balaban J connectivity index is 1.85. The number of hydrogen-bond acceptors (Lipinski definition) is 3. The van der Waals surface area contributed by atoms with Crippen LogP contribution in [0.3, 0.4) is 0 Å². The van der Waals surface area contributed by atoms with Gasteiger partial charge < -0.3 is 14.7 Å². The van der Waals surface area contributed by atoms with Gasteiger partial charge in [0.1, 0.15) is 0 Å². The molecule has 0 aromatic carbocycles. The molecule has 0 radical (unpaired) electrons. The first-order valence-electron chi connectivity index (χ1n) is 8.04. The Morgan fingerprint density at radius 3 is 2.47 bits per heavy atom. The molecule has 0 aromatic rings. The van der Waals surface area contributed by atoms with Gasteiger partial charge in [-0.3, -0.25) is 0 Å². The van der Waals surface area contributed by atoms with Crippen molar-refractivity contribution in [3.05, 3.63) is 0 Å². The van der Waals surface area contributed by atoms with Crippen molar-refractivity contribution in [1.29, 1.82) is 0 Å². The first-order chi connectivity index (χ1) is 9.08. The van der Waals surface area contributed by atoms with Gasteiger partial charge in [0.05, 0.1) is 6.10 Å². The molecule has 2 fully saturated rings. The van der Waals surface area contributed by atoms with E-state index in [4.69, 9.17) is 4.74 Å². The summed E-state index contributed by atoms with van der Waals surface area (Å²) in [6, 6.07) is 0.653. The second-order valence-corrected chi connectivity index (χ2v) is 6.93. The normalized spacial score (nSPS) is 34.1. The smallest absolute Gasteiger partial charge is 0.0580 e. The van der Waals surface area contributed by atoms with Gasteiger partial charge in [-0.05, 0) is 56.9 Å². The summed E-state index contributed by atoms with van der Waals surface area (Å²) in [7, 11) is 2.22. The molecule has 0 aromatic heterocycles. The molecule has 1 N–H and O–H groups in total. The van der Waals surface area contributed by atoms with Crippen molar-refractivity contribution in [2.24, 2.45) is 17.8 Å². The summed E-state index contributed by atoms with van der Waals surface area (Å²) in [5.41, 5.74) is 0. The first kappa shape index (κ1) is 15.3. The molecule has 1 heterocycles. The predicted octanol–water partition coefficient (Wildman–Crippen LogP) is 2.53. The monoisotopic (exact) mass is 269 g/mol. The fourth-order valence-corrected chi connectivity index (χ4v) is 3.73. The molecule has 1 saturated carbocycles. The van der Waals surface area contributed by atoms with Crippen LogP contribution in [0, 0.1) is 17.8 Å². The molecule has 3 unspecified atom stereocenters. The lowest BCUT2D eigenvalue weighted by molar-refractivity contribution is -0.00275. The molecule has 1 aliphatic heterocycles. The summed E-state index contributed by atoms with van der Waals surface area (Å²) in [6.45, 7) is 7.49. The molecule has 112 valence electrons. The fraction of sp³-hybridized carbons (Fsp3) is 1.00. The van der Waals surface area contributed by atoms with E-state index in [1.54, 1.807) is 0 Å². The molecule has 1 aliphatic carbocycles. The highest BCUT2D eigenvalue weighted by Gasteiger charge is 2.32. The number of ether oxygens (including phenoxy) is 1. The summed E-state index contributed by atoms with van der Waals surface area (Å²) in [5, 5.41) is 10.3. The molecule has 1 saturated heterocycles. The van der Waals surface area contributed by atoms with Gasteiger partial charge >= 0.3 is 0 Å². The third-order valence-corrected chi connectivity index (χ3v) is 5.26. The Bertz CT molecular complexity index is 263. The van der Waals surface area contributed by atoms with Crippen LogP contribution in [0.5, 0.6) is 0 Å². The van der Waals surface area contributed by atoms with Crippen LogP contribution >= 0.6 is 0 Å². The van der Waals surface area contributed by atoms with Crippen molar-refractivity contribution in [3.8, 4) is 0 Å². The molecule has 0 amide bonds. The Kier molecular flexibility index (Phi) is 5.67. The summed E-state index contributed by atoms with van der Waals surface area (Å²) < 4.78 is 5.43. The van der Waals surface area contributed by atoms with Crippen molar-refractivity contribution in [3.63, 3.8) is 0 Å². The molecule has 3 nitrogen and oxygen atoms in total. The van der Waals surface area contributed by atoms with Gasteiger partial charge in [-0.1, -0.05) is 13.8 Å². The van der Waals surface area contributed by atoms with Gasteiger partial charge in [-0.25, -0.2) is 0 Å². The van der Waals surface area contributed by atoms with Crippen molar-refractivity contribution < 1.29 is 9.84 Å². The molecule has 2 rings (SSSR count). The molecular formula is C16H31NO2. The van der Waals surface area contributed by atoms with Crippen LogP contribution in [-0.2, 0) is 4.74 Å². The fourth-order valence-electron chi connectivity index (χ4n) is 3.73. The highest BCUT2D eigenvalue weighted by Crippen LogP contribution is 2.34. The van der Waals surface area contributed by atoms with E-state index in [-0.39, 0.29) is 6.10 Å². The second kappa shape index (κ2) is 7.05. The molecule has 3 atom stereocenters. The zero-order valence-corrected chi connectivity index (χ0v) is 12.8. The van der Waals surface area contributed by atoms with Gasteiger partial charge in [0, 0.05) is 25.8 Å². The minimum absolute atomic E-state index is 0.0858. The van der Waals surface area contributed by atoms with Gasteiger partial charge in [-0.15, -0.1) is 0 Å². The van der Waals surface area contributed by atoms with Crippen LogP contribution in [0.2, 0.25) is 0 Å². The van der Waals surface area contributed by atoms with Crippen LogP contribution in [0.25, 0.3) is 0 Å². The van der Waals surface area contributed by atoms with Crippen LogP contribution in [0.1, 0.15) is 46.0 Å². The van der Waals surface area contributed by atoms with E-state index in [2.05, 4.69) is 25.8 Å². The maximum absolute atomic E-state index is 10.3. The molecule has 0 spiro atoms. The topological polar surface area (TPSA) is 32.7 Å². The van der Waals surface area contributed by atoms with Crippen molar-refractivity contribution in [2.45, 2.75) is 58.1 Å². The third-order valence-electron chi connectivity index (χ3n) is 5.26. The number of aliphatic hydroxyl groups excluding tert-OH is 1. The predicted molar refractivity (Wildman–Crippen MR) is 78.1 cm³/mol. The number of nitrogens with zero attached hydrogens (tertiary/aromatic N) is 1. The van der Waals surface area contributed by atoms with Crippen LogP contribution < -0.4 is 0 Å². The zero-order chi connectivity index (χ0) is 13.8. The Morgan fingerprint density at radius 1 is 1.16 bits per heavy atom. The molecule has 3 heteroatoms. The van der Waals surface area contributed by atoms with Crippen LogP contribution in [0.4, 0.5) is 0 Å². The largest absolute Gasteiger partial charge is 0.393 e. The van der Waals surface area contributed by atoms with Gasteiger partial charge in [-0.2, -0.15) is 0 Å². The Hall–Kier alpha value is -0.120. The highest BCUT2D eigenvalue weighted by atomic mass is 16.5. The lowest BCUT2D eigenvalue weighted by Crippen LogP contribution is -2.44. The van der Waals surface area contributed by atoms with Crippen molar-refractivity contribution in [2.75, 3.05) is 26.8 Å². The van der Waals surface area contributed by atoms with Crippen molar-refractivity contribution in [1.82, 2.24) is 4.90 Å². The van der Waals surface area contributed by atoms with Crippen LogP contribution in [-0.4, -0.2) is 49.0 Å². The van der Waals surface area contributed by atoms with Crippen molar-refractivity contribution >= 4 is 0 Å². The van der Waals surface area contributed by atoms with E-state index in [0.717, 1.165) is 50.9 Å². The quantitative estimate of drug-likeness (QED) is 0.851. The minimum atomic E-state index is -0.0858.